The lowest BCUT2D eigenvalue weighted by atomic mass is 10.1. The molecule has 0 aliphatic heterocycles. The normalized spacial score (nSPS) is 12.0. The first kappa shape index (κ1) is 12.6. The summed E-state index contributed by atoms with van der Waals surface area (Å²) in [6.07, 6.45) is -2.74. The summed E-state index contributed by atoms with van der Waals surface area (Å²) in [6.45, 7) is 0. The molecule has 0 amide bonds. The van der Waals surface area contributed by atoms with Crippen molar-refractivity contribution in [2.75, 3.05) is 0 Å². The van der Waals surface area contributed by atoms with Crippen LogP contribution < -0.4 is 0 Å². The van der Waals surface area contributed by atoms with Crippen molar-refractivity contribution in [3.63, 3.8) is 0 Å². The van der Waals surface area contributed by atoms with E-state index in [0.717, 1.165) is 30.4 Å². The van der Waals surface area contributed by atoms with Crippen molar-refractivity contribution in [3.8, 4) is 0 Å². The van der Waals surface area contributed by atoms with Crippen molar-refractivity contribution in [1.29, 1.82) is 0 Å². The number of carboxylic acid groups (broad SMARTS) is 1. The molecule has 0 saturated heterocycles. The lowest BCUT2D eigenvalue weighted by Crippen LogP contribution is -2.04. The third-order valence-corrected chi connectivity index (χ3v) is 2.07. The molecule has 0 radical (unpaired) electrons. The number of hydrogen-bond acceptors (Lipinski definition) is 1. The zero-order valence-electron chi connectivity index (χ0n) is 7.75. The third-order valence-electron chi connectivity index (χ3n) is 1.73. The molecule has 0 bridgehead atoms. The molecule has 1 aromatic carbocycles. The molecule has 0 aromatic heterocycles. The van der Waals surface area contributed by atoms with Crippen LogP contribution in [0.5, 0.6) is 0 Å². The SMILES string of the molecule is O=C(O)/C=C\c1cc(C(F)(F)F)ccc1Cl. The van der Waals surface area contributed by atoms with Gasteiger partial charge in [-0.05, 0) is 29.8 Å². The molecule has 0 atom stereocenters. The third kappa shape index (κ3) is 3.27. The van der Waals surface area contributed by atoms with Crippen molar-refractivity contribution >= 4 is 23.6 Å². The molecule has 1 N–H and O–H groups in total. The second-order valence-electron chi connectivity index (χ2n) is 2.91. The highest BCUT2D eigenvalue weighted by Gasteiger charge is 2.30. The van der Waals surface area contributed by atoms with Gasteiger partial charge in [0.25, 0.3) is 0 Å². The van der Waals surface area contributed by atoms with Gasteiger partial charge in [-0.1, -0.05) is 11.6 Å². The summed E-state index contributed by atoms with van der Waals surface area (Å²) in [5.74, 6) is -1.26. The maximum atomic E-state index is 12.3. The van der Waals surface area contributed by atoms with E-state index in [1.807, 2.05) is 0 Å². The lowest BCUT2D eigenvalue weighted by molar-refractivity contribution is -0.137. The molecule has 6 heteroatoms. The summed E-state index contributed by atoms with van der Waals surface area (Å²) >= 11 is 5.62. The quantitative estimate of drug-likeness (QED) is 0.816. The Kier molecular flexibility index (Phi) is 3.59. The van der Waals surface area contributed by atoms with Gasteiger partial charge in [0.15, 0.2) is 0 Å². The van der Waals surface area contributed by atoms with Gasteiger partial charge in [-0.2, -0.15) is 13.2 Å². The van der Waals surface area contributed by atoms with Crippen LogP contribution in [0.2, 0.25) is 5.02 Å². The fraction of sp³-hybridized carbons (Fsp3) is 0.100. The van der Waals surface area contributed by atoms with E-state index in [-0.39, 0.29) is 10.6 Å². The number of carbonyl (C=O) groups is 1. The number of alkyl halides is 3. The highest BCUT2D eigenvalue weighted by atomic mass is 35.5. The number of carboxylic acids is 1. The molecule has 0 saturated carbocycles. The molecule has 0 fully saturated rings. The molecule has 0 aliphatic rings. The highest BCUT2D eigenvalue weighted by Crippen LogP contribution is 2.32. The summed E-state index contributed by atoms with van der Waals surface area (Å²) in [6, 6.07) is 2.70. The highest BCUT2D eigenvalue weighted by molar-refractivity contribution is 6.32. The first-order valence-electron chi connectivity index (χ1n) is 4.08. The summed E-state index contributed by atoms with van der Waals surface area (Å²) < 4.78 is 36.9. The van der Waals surface area contributed by atoms with E-state index in [1.165, 1.54) is 0 Å². The van der Waals surface area contributed by atoms with Gasteiger partial charge in [0, 0.05) is 11.1 Å². The average Bonchev–Trinajstić information content (AvgIpc) is 2.14. The zero-order chi connectivity index (χ0) is 12.3. The molecule has 0 aliphatic carbocycles. The number of hydrogen-bond donors (Lipinski definition) is 1. The summed E-state index contributed by atoms with van der Waals surface area (Å²) in [5, 5.41) is 8.40. The van der Waals surface area contributed by atoms with Crippen LogP contribution in [-0.4, -0.2) is 11.1 Å². The van der Waals surface area contributed by atoms with Gasteiger partial charge < -0.3 is 5.11 Å². The minimum Gasteiger partial charge on any atom is -0.478 e. The van der Waals surface area contributed by atoms with Gasteiger partial charge >= 0.3 is 12.1 Å². The summed E-state index contributed by atoms with van der Waals surface area (Å²) in [7, 11) is 0. The largest absolute Gasteiger partial charge is 0.478 e. The first-order valence-corrected chi connectivity index (χ1v) is 4.46. The molecule has 1 rings (SSSR count). The van der Waals surface area contributed by atoms with Gasteiger partial charge in [0.05, 0.1) is 5.56 Å². The van der Waals surface area contributed by atoms with Crippen LogP contribution in [-0.2, 0) is 11.0 Å². The van der Waals surface area contributed by atoms with Crippen LogP contribution in [0.3, 0.4) is 0 Å². The van der Waals surface area contributed by atoms with Crippen molar-refractivity contribution in [3.05, 3.63) is 40.4 Å². The molecule has 0 spiro atoms. The van der Waals surface area contributed by atoms with Crippen molar-refractivity contribution < 1.29 is 23.1 Å². The van der Waals surface area contributed by atoms with Crippen LogP contribution in [0, 0.1) is 0 Å². The van der Waals surface area contributed by atoms with E-state index in [0.29, 0.717) is 0 Å². The molecule has 1 aromatic rings. The minimum atomic E-state index is -4.48. The summed E-state index contributed by atoms with van der Waals surface area (Å²) in [4.78, 5) is 10.2. The van der Waals surface area contributed by atoms with Gasteiger partial charge in [0.2, 0.25) is 0 Å². The Bertz CT molecular complexity index is 438. The maximum Gasteiger partial charge on any atom is 0.416 e. The number of benzene rings is 1. The van der Waals surface area contributed by atoms with Gasteiger partial charge in [-0.3, -0.25) is 0 Å². The predicted octanol–water partition coefficient (Wildman–Crippen LogP) is 3.46. The molecule has 16 heavy (non-hydrogen) atoms. The van der Waals surface area contributed by atoms with E-state index in [1.54, 1.807) is 0 Å². The van der Waals surface area contributed by atoms with Gasteiger partial charge in [0.1, 0.15) is 0 Å². The smallest absolute Gasteiger partial charge is 0.416 e. The Balaban J connectivity index is 3.14. The molecule has 2 nitrogen and oxygen atoms in total. The Morgan fingerprint density at radius 2 is 2.00 bits per heavy atom. The monoisotopic (exact) mass is 250 g/mol. The van der Waals surface area contributed by atoms with E-state index >= 15 is 0 Å². The van der Waals surface area contributed by atoms with E-state index in [4.69, 9.17) is 16.7 Å². The first-order chi connectivity index (χ1) is 7.30. The fourth-order valence-electron chi connectivity index (χ4n) is 1.01. The van der Waals surface area contributed by atoms with E-state index in [2.05, 4.69) is 0 Å². The van der Waals surface area contributed by atoms with E-state index in [9.17, 15) is 18.0 Å². The number of rotatable bonds is 2. The Morgan fingerprint density at radius 3 is 2.50 bits per heavy atom. The zero-order valence-corrected chi connectivity index (χ0v) is 8.51. The van der Waals surface area contributed by atoms with Crippen LogP contribution in [0.4, 0.5) is 13.2 Å². The van der Waals surface area contributed by atoms with Crippen LogP contribution >= 0.6 is 11.6 Å². The van der Waals surface area contributed by atoms with Gasteiger partial charge in [-0.15, -0.1) is 0 Å². The van der Waals surface area contributed by atoms with Crippen LogP contribution in [0.15, 0.2) is 24.3 Å². The number of halogens is 4. The molecule has 0 heterocycles. The van der Waals surface area contributed by atoms with Gasteiger partial charge in [-0.25, -0.2) is 4.79 Å². The standard InChI is InChI=1S/C10H6ClF3O2/c11-8-3-2-7(10(12,13)14)5-6(8)1-4-9(15)16/h1-5H,(H,15,16)/b4-1-. The predicted molar refractivity (Wildman–Crippen MR) is 53.1 cm³/mol. The molecular formula is C10H6ClF3O2. The molecular weight excluding hydrogens is 245 g/mol. The van der Waals surface area contributed by atoms with Crippen molar-refractivity contribution in [2.24, 2.45) is 0 Å². The Morgan fingerprint density at radius 1 is 1.38 bits per heavy atom. The van der Waals surface area contributed by atoms with Crippen LogP contribution in [0.1, 0.15) is 11.1 Å². The number of aliphatic carboxylic acids is 1. The second-order valence-corrected chi connectivity index (χ2v) is 3.31. The van der Waals surface area contributed by atoms with E-state index < -0.39 is 17.7 Å². The van der Waals surface area contributed by atoms with Crippen molar-refractivity contribution in [1.82, 2.24) is 0 Å². The molecule has 0 unspecified atom stereocenters. The van der Waals surface area contributed by atoms with Crippen molar-refractivity contribution in [2.45, 2.75) is 6.18 Å². The Labute approximate surface area is 94.0 Å². The minimum absolute atomic E-state index is 0.0129. The lowest BCUT2D eigenvalue weighted by Gasteiger charge is -2.07. The summed E-state index contributed by atoms with van der Waals surface area (Å²) in [5.41, 5.74) is -0.860. The fourth-order valence-corrected chi connectivity index (χ4v) is 1.19. The topological polar surface area (TPSA) is 37.3 Å². The maximum absolute atomic E-state index is 12.3. The molecule has 86 valence electrons. The Hall–Kier alpha value is -1.49. The average molecular weight is 251 g/mol. The van der Waals surface area contributed by atoms with Crippen LogP contribution in [0.25, 0.3) is 6.08 Å². The second kappa shape index (κ2) is 4.57.